The molecule has 0 saturated carbocycles. The molecular weight excluding hydrogens is 969 g/mol. The average molecular weight is 1040 g/mol. The minimum atomic E-state index is -0.548. The van der Waals surface area contributed by atoms with Crippen LogP contribution in [0, 0.1) is 0 Å². The molecule has 4 aliphatic rings. The number of benzene rings is 3. The largest absolute Gasteiger partial charge is 0.493 e. The third-order valence-electron chi connectivity index (χ3n) is 13.2. The Morgan fingerprint density at radius 3 is 1.59 bits per heavy atom. The van der Waals surface area contributed by atoms with Crippen molar-refractivity contribution in [3.8, 4) is 23.0 Å². The Morgan fingerprint density at radius 1 is 0.662 bits per heavy atom. The van der Waals surface area contributed by atoms with E-state index in [2.05, 4.69) is 48.8 Å². The third-order valence-corrected chi connectivity index (χ3v) is 14.5. The number of ether oxygens (including phenoxy) is 8. The predicted molar refractivity (Wildman–Crippen MR) is 284 cm³/mol. The van der Waals surface area contributed by atoms with E-state index in [4.69, 9.17) is 47.9 Å². The lowest BCUT2D eigenvalue weighted by Crippen LogP contribution is -2.35. The molecule has 0 spiro atoms. The summed E-state index contributed by atoms with van der Waals surface area (Å²) in [4.78, 5) is 65.1. The molecule has 2 saturated heterocycles. The molecule has 19 heteroatoms. The molecular formula is C55H70N6O12S. The van der Waals surface area contributed by atoms with Gasteiger partial charge in [0.15, 0.2) is 23.0 Å². The van der Waals surface area contributed by atoms with Crippen LogP contribution in [-0.2, 0) is 46.5 Å². The summed E-state index contributed by atoms with van der Waals surface area (Å²) in [7, 11) is 4.69. The third kappa shape index (κ3) is 14.5. The highest BCUT2D eigenvalue weighted by Crippen LogP contribution is 2.42. The van der Waals surface area contributed by atoms with Crippen molar-refractivity contribution in [2.45, 2.75) is 77.0 Å². The summed E-state index contributed by atoms with van der Waals surface area (Å²) < 4.78 is 46.1. The molecule has 0 bridgehead atoms. The van der Waals surface area contributed by atoms with E-state index < -0.39 is 4.75 Å². The van der Waals surface area contributed by atoms with E-state index in [9.17, 15) is 19.2 Å². The summed E-state index contributed by atoms with van der Waals surface area (Å²) in [6, 6.07) is 12.8. The monoisotopic (exact) mass is 1040 g/mol. The smallest absolute Gasteiger partial charge is 0.257 e. The molecule has 0 aliphatic carbocycles. The van der Waals surface area contributed by atoms with E-state index in [1.54, 1.807) is 45.5 Å². The summed E-state index contributed by atoms with van der Waals surface area (Å²) in [6.07, 6.45) is 9.61. The summed E-state index contributed by atoms with van der Waals surface area (Å²) in [5, 5.41) is 5.50. The minimum absolute atomic E-state index is 0.0630. The summed E-state index contributed by atoms with van der Waals surface area (Å²) in [5.74, 6) is 1.49. The van der Waals surface area contributed by atoms with Crippen LogP contribution < -0.4 is 29.6 Å². The van der Waals surface area contributed by atoms with Crippen LogP contribution in [0.25, 0.3) is 0 Å². The number of nitrogens with zero attached hydrogens (tertiary/aromatic N) is 4. The van der Waals surface area contributed by atoms with Crippen molar-refractivity contribution in [3.05, 3.63) is 93.6 Å². The van der Waals surface area contributed by atoms with Crippen LogP contribution in [-0.4, -0.2) is 157 Å². The molecule has 0 unspecified atom stereocenters. The number of nitrogens with one attached hydrogen (secondary N) is 2. The van der Waals surface area contributed by atoms with Gasteiger partial charge in [-0.1, -0.05) is 35.4 Å². The van der Waals surface area contributed by atoms with E-state index in [0.29, 0.717) is 124 Å². The number of fused-ring (bicyclic) bond motifs is 4. The van der Waals surface area contributed by atoms with E-state index in [1.807, 2.05) is 42.1 Å². The first-order chi connectivity index (χ1) is 35.8. The summed E-state index contributed by atoms with van der Waals surface area (Å²) >= 11 is 1.50. The zero-order chi connectivity index (χ0) is 52.6. The number of hydrogen-bond acceptors (Lipinski definition) is 15. The van der Waals surface area contributed by atoms with E-state index >= 15 is 0 Å². The highest BCUT2D eigenvalue weighted by Gasteiger charge is 2.36. The number of carbonyl (C=O) groups is 4. The van der Waals surface area contributed by atoms with Gasteiger partial charge in [0.1, 0.15) is 13.2 Å². The summed E-state index contributed by atoms with van der Waals surface area (Å²) in [6.45, 7) is 13.0. The maximum atomic E-state index is 13.8. The predicted octanol–water partition coefficient (Wildman–Crippen LogP) is 6.90. The van der Waals surface area contributed by atoms with Crippen LogP contribution in [0.15, 0.2) is 75.7 Å². The Labute approximate surface area is 438 Å². The maximum Gasteiger partial charge on any atom is 0.257 e. The number of carbonyl (C=O) groups excluding carboxylic acids is 4. The molecule has 18 nitrogen and oxygen atoms in total. The molecule has 0 aromatic heterocycles. The molecule has 4 aliphatic heterocycles. The van der Waals surface area contributed by atoms with Crippen LogP contribution in [0.4, 0.5) is 11.4 Å². The Kier molecular flexibility index (Phi) is 20.1. The Bertz CT molecular complexity index is 2480. The van der Waals surface area contributed by atoms with Crippen LogP contribution in [0.5, 0.6) is 23.0 Å². The molecule has 7 rings (SSSR count). The Balaban J connectivity index is 0.982. The van der Waals surface area contributed by atoms with Gasteiger partial charge in [0.05, 0.1) is 107 Å². The van der Waals surface area contributed by atoms with Gasteiger partial charge in [-0.15, -0.1) is 11.8 Å². The van der Waals surface area contributed by atoms with Gasteiger partial charge in [-0.3, -0.25) is 29.2 Å². The SMILES string of the molecule is C/C=C1\C[C@H]2C=Nc3cc(OCc4cc(COc5cc6c(cc5OC)C(=O)N5C/C(=C/C)C[C@H]5C=N6)cc(C(C)(C)SCC(=O)NCCOCCOCCOCCOCCC(=O)NC)c4)c(OC)cc3C(=O)N2C1. The summed E-state index contributed by atoms with van der Waals surface area (Å²) in [5.41, 5.74) is 6.92. The van der Waals surface area contributed by atoms with Crippen molar-refractivity contribution in [1.29, 1.82) is 0 Å². The number of allylic oxidation sites excluding steroid dienone is 2. The normalized spacial score (nSPS) is 17.9. The van der Waals surface area contributed by atoms with Crippen molar-refractivity contribution in [1.82, 2.24) is 20.4 Å². The first kappa shape index (κ1) is 55.5. The van der Waals surface area contributed by atoms with Crippen molar-refractivity contribution in [2.75, 3.05) is 99.5 Å². The molecule has 4 heterocycles. The highest BCUT2D eigenvalue weighted by molar-refractivity contribution is 8.00. The fourth-order valence-electron chi connectivity index (χ4n) is 8.82. The zero-order valence-corrected chi connectivity index (χ0v) is 44.4. The molecule has 2 N–H and O–H groups in total. The van der Waals surface area contributed by atoms with Crippen molar-refractivity contribution in [3.63, 3.8) is 0 Å². The number of amides is 4. The van der Waals surface area contributed by atoms with Crippen LogP contribution >= 0.6 is 11.8 Å². The van der Waals surface area contributed by atoms with E-state index in [0.717, 1.165) is 29.5 Å². The number of methoxy groups -OCH3 is 2. The molecule has 2 fully saturated rings. The second kappa shape index (κ2) is 26.8. The Morgan fingerprint density at radius 2 is 1.14 bits per heavy atom. The van der Waals surface area contributed by atoms with E-state index in [-0.39, 0.29) is 54.7 Å². The first-order valence-electron chi connectivity index (χ1n) is 25.1. The number of aliphatic imine (C=N–C) groups is 2. The lowest BCUT2D eigenvalue weighted by atomic mass is 9.97. The van der Waals surface area contributed by atoms with Gasteiger partial charge in [-0.2, -0.15) is 0 Å². The van der Waals surface area contributed by atoms with E-state index in [1.165, 1.54) is 22.9 Å². The second-order valence-electron chi connectivity index (χ2n) is 18.5. The molecule has 3 aromatic carbocycles. The van der Waals surface area contributed by atoms with Gasteiger partial charge in [0.2, 0.25) is 11.8 Å². The second-order valence-corrected chi connectivity index (χ2v) is 20.1. The molecule has 3 aromatic rings. The van der Waals surface area contributed by atoms with Crippen LogP contribution in [0.3, 0.4) is 0 Å². The van der Waals surface area contributed by atoms with Gasteiger partial charge >= 0.3 is 0 Å². The van der Waals surface area contributed by atoms with Crippen LogP contribution in [0.1, 0.15) is 84.4 Å². The number of rotatable bonds is 27. The molecule has 0 radical (unpaired) electrons. The Hall–Kier alpha value is -6.25. The average Bonchev–Trinajstić information content (AvgIpc) is 3.98. The lowest BCUT2D eigenvalue weighted by Gasteiger charge is -2.26. The van der Waals surface area contributed by atoms with Gasteiger partial charge in [-0.05, 0) is 75.4 Å². The highest BCUT2D eigenvalue weighted by atomic mass is 32.2. The molecule has 2 atom stereocenters. The van der Waals surface area contributed by atoms with Crippen molar-refractivity contribution in [2.24, 2.45) is 9.98 Å². The molecule has 398 valence electrons. The topological polar surface area (TPSA) is 197 Å². The zero-order valence-electron chi connectivity index (χ0n) is 43.6. The minimum Gasteiger partial charge on any atom is -0.493 e. The van der Waals surface area contributed by atoms with Gasteiger partial charge in [0, 0.05) is 62.4 Å². The van der Waals surface area contributed by atoms with Crippen molar-refractivity contribution < 1.29 is 57.1 Å². The van der Waals surface area contributed by atoms with Crippen molar-refractivity contribution >= 4 is 59.2 Å². The maximum absolute atomic E-state index is 13.8. The molecule has 74 heavy (non-hydrogen) atoms. The lowest BCUT2D eigenvalue weighted by molar-refractivity contribution is -0.122. The van der Waals surface area contributed by atoms with Gasteiger partial charge in [0.25, 0.3) is 11.8 Å². The number of hydrogen-bond donors (Lipinski definition) is 2. The fourth-order valence-corrected chi connectivity index (χ4v) is 9.70. The van der Waals surface area contributed by atoms with Gasteiger partial charge in [-0.25, -0.2) is 0 Å². The first-order valence-corrected chi connectivity index (χ1v) is 26.1. The number of thioether (sulfide) groups is 1. The molecule has 4 amide bonds. The van der Waals surface area contributed by atoms with Crippen LogP contribution in [0.2, 0.25) is 0 Å². The van der Waals surface area contributed by atoms with Gasteiger partial charge < -0.3 is 58.3 Å². The fraction of sp³-hybridized carbons (Fsp3) is 0.491. The standard InChI is InChI=1S/C55H70N6O12S/c1-8-36-23-41-29-58-45-27-49(47(66-6)25-43(45)53(64)60(41)31-36)72-33-38-20-39(34-73-50-28-46-44(26-48(50)67-7)54(65)61-32-37(9-2)24-42(61)30-59-46)22-40(21-38)55(3,4)74-35-52(63)57-11-13-69-15-17-71-19-18-70-16-14-68-12-10-51(62)56-5/h8-9,20-22,25-30,41-42H,10-19,23-24,31-35H2,1-7H3,(H,56,62)(H,57,63)/b36-8+,37-9+/t41-,42-/m0/s1. The quantitative estimate of drug-likeness (QED) is 0.0592.